The summed E-state index contributed by atoms with van der Waals surface area (Å²) in [6.07, 6.45) is 5.69. The topological polar surface area (TPSA) is 60.8 Å². The molecule has 1 saturated carbocycles. The van der Waals surface area contributed by atoms with Gasteiger partial charge in [0.05, 0.1) is 6.10 Å². The summed E-state index contributed by atoms with van der Waals surface area (Å²) in [5.74, 6) is -0.533. The van der Waals surface area contributed by atoms with Crippen LogP contribution in [0.5, 0.6) is 0 Å². The van der Waals surface area contributed by atoms with Crippen LogP contribution in [0.2, 0.25) is 0 Å². The van der Waals surface area contributed by atoms with Crippen LogP contribution in [0.4, 0.5) is 0 Å². The molecule has 1 aliphatic carbocycles. The molecule has 2 rings (SSSR count). The number of aliphatic carboxylic acids is 1. The van der Waals surface area contributed by atoms with Crippen LogP contribution >= 0.6 is 0 Å². The molecular weight excluding hydrogens is 218 g/mol. The Morgan fingerprint density at radius 1 is 1.18 bits per heavy atom. The Morgan fingerprint density at radius 2 is 1.88 bits per heavy atom. The molecule has 2 N–H and O–H groups in total. The molecule has 4 unspecified atom stereocenters. The van der Waals surface area contributed by atoms with Gasteiger partial charge in [-0.3, -0.25) is 9.69 Å². The third kappa shape index (κ3) is 2.63. The van der Waals surface area contributed by atoms with Crippen molar-refractivity contribution < 1.29 is 15.0 Å². The number of carboxylic acid groups (broad SMARTS) is 1. The van der Waals surface area contributed by atoms with Gasteiger partial charge in [-0.2, -0.15) is 0 Å². The second-order valence-corrected chi connectivity index (χ2v) is 5.56. The van der Waals surface area contributed by atoms with Gasteiger partial charge in [0, 0.05) is 6.04 Å². The first-order chi connectivity index (χ1) is 8.11. The summed E-state index contributed by atoms with van der Waals surface area (Å²) < 4.78 is 0. The number of carboxylic acids is 1. The second kappa shape index (κ2) is 5.36. The van der Waals surface area contributed by atoms with E-state index in [1.54, 1.807) is 0 Å². The number of likely N-dealkylation sites (tertiary alicyclic amines) is 1. The highest BCUT2D eigenvalue weighted by atomic mass is 16.4. The molecule has 4 heteroatoms. The lowest BCUT2D eigenvalue weighted by atomic mass is 9.99. The van der Waals surface area contributed by atoms with Crippen molar-refractivity contribution in [3.8, 4) is 0 Å². The second-order valence-electron chi connectivity index (χ2n) is 5.56. The summed E-state index contributed by atoms with van der Waals surface area (Å²) in [4.78, 5) is 13.4. The lowest BCUT2D eigenvalue weighted by Gasteiger charge is -2.34. The number of nitrogens with zero attached hydrogens (tertiary/aromatic N) is 1. The lowest BCUT2D eigenvalue weighted by Crippen LogP contribution is -2.49. The Balaban J connectivity index is 2.11. The number of aliphatic hydroxyl groups excluding tert-OH is 1. The fourth-order valence-electron chi connectivity index (χ4n) is 3.39. The van der Waals surface area contributed by atoms with Gasteiger partial charge in [-0.1, -0.05) is 26.2 Å². The zero-order chi connectivity index (χ0) is 12.4. The number of hydrogen-bond acceptors (Lipinski definition) is 3. The molecule has 0 bridgehead atoms. The van der Waals surface area contributed by atoms with Gasteiger partial charge in [0.25, 0.3) is 0 Å². The molecule has 2 fully saturated rings. The highest BCUT2D eigenvalue weighted by Gasteiger charge is 2.42. The molecule has 0 spiro atoms. The molecule has 1 saturated heterocycles. The van der Waals surface area contributed by atoms with E-state index in [4.69, 9.17) is 0 Å². The quantitative estimate of drug-likeness (QED) is 0.719. The SMILES string of the molecule is CC1CCN(C2CCCCCC2O)C1C(=O)O. The Bertz CT molecular complexity index is 282. The fraction of sp³-hybridized carbons (Fsp3) is 0.923. The number of aliphatic hydroxyl groups is 1. The molecule has 17 heavy (non-hydrogen) atoms. The van der Waals surface area contributed by atoms with E-state index >= 15 is 0 Å². The van der Waals surface area contributed by atoms with Gasteiger partial charge in [-0.15, -0.1) is 0 Å². The minimum Gasteiger partial charge on any atom is -0.480 e. The summed E-state index contributed by atoms with van der Waals surface area (Å²) in [5.41, 5.74) is 0. The van der Waals surface area contributed by atoms with Gasteiger partial charge in [0.2, 0.25) is 0 Å². The zero-order valence-corrected chi connectivity index (χ0v) is 10.5. The summed E-state index contributed by atoms with van der Waals surface area (Å²) in [5, 5.41) is 19.5. The highest BCUT2D eigenvalue weighted by Crippen LogP contribution is 2.31. The minimum atomic E-state index is -0.730. The van der Waals surface area contributed by atoms with Crippen molar-refractivity contribution >= 4 is 5.97 Å². The maximum atomic E-state index is 11.3. The number of carbonyl (C=O) groups is 1. The lowest BCUT2D eigenvalue weighted by molar-refractivity contribution is -0.145. The summed E-state index contributed by atoms with van der Waals surface area (Å²) in [6.45, 7) is 2.82. The van der Waals surface area contributed by atoms with Crippen LogP contribution in [-0.4, -0.2) is 45.8 Å². The summed E-state index contributed by atoms with van der Waals surface area (Å²) in [6, 6.07) is -0.337. The van der Waals surface area contributed by atoms with Crippen molar-refractivity contribution in [2.45, 2.75) is 63.6 Å². The number of hydrogen-bond donors (Lipinski definition) is 2. The number of rotatable bonds is 2. The van der Waals surface area contributed by atoms with Crippen LogP contribution in [0.15, 0.2) is 0 Å². The molecular formula is C13H23NO3. The molecule has 98 valence electrons. The first kappa shape index (κ1) is 12.8. The molecule has 0 aromatic rings. The maximum Gasteiger partial charge on any atom is 0.321 e. The third-order valence-electron chi connectivity index (χ3n) is 4.36. The normalized spacial score (nSPS) is 40.1. The smallest absolute Gasteiger partial charge is 0.321 e. The Hall–Kier alpha value is -0.610. The predicted octanol–water partition coefficient (Wildman–Crippen LogP) is 1.47. The van der Waals surface area contributed by atoms with E-state index < -0.39 is 12.0 Å². The zero-order valence-electron chi connectivity index (χ0n) is 10.5. The molecule has 0 radical (unpaired) electrons. The first-order valence-corrected chi connectivity index (χ1v) is 6.78. The Labute approximate surface area is 103 Å². The van der Waals surface area contributed by atoms with Crippen molar-refractivity contribution in [1.82, 2.24) is 4.90 Å². The van der Waals surface area contributed by atoms with Crippen molar-refractivity contribution in [1.29, 1.82) is 0 Å². The van der Waals surface area contributed by atoms with Crippen LogP contribution in [0.25, 0.3) is 0 Å². The average molecular weight is 241 g/mol. The standard InChI is InChI=1S/C13H23NO3/c1-9-7-8-14(12(9)13(16)17)10-5-3-2-4-6-11(10)15/h9-12,15H,2-8H2,1H3,(H,16,17). The minimum absolute atomic E-state index is 0.0588. The molecule has 4 atom stereocenters. The molecule has 1 aliphatic heterocycles. The van der Waals surface area contributed by atoms with Gasteiger partial charge < -0.3 is 10.2 Å². The average Bonchev–Trinajstić information content (AvgIpc) is 2.51. The van der Waals surface area contributed by atoms with Gasteiger partial charge in [0.1, 0.15) is 6.04 Å². The monoisotopic (exact) mass is 241 g/mol. The van der Waals surface area contributed by atoms with E-state index in [1.807, 2.05) is 11.8 Å². The Kier molecular flexibility index (Phi) is 4.05. The Morgan fingerprint density at radius 3 is 2.59 bits per heavy atom. The van der Waals surface area contributed by atoms with Crippen LogP contribution in [0.1, 0.15) is 45.4 Å². The molecule has 0 aromatic carbocycles. The first-order valence-electron chi connectivity index (χ1n) is 6.78. The molecule has 0 aromatic heterocycles. The third-order valence-corrected chi connectivity index (χ3v) is 4.36. The fourth-order valence-corrected chi connectivity index (χ4v) is 3.39. The molecule has 4 nitrogen and oxygen atoms in total. The van der Waals surface area contributed by atoms with E-state index in [0.29, 0.717) is 0 Å². The predicted molar refractivity (Wildman–Crippen MR) is 64.8 cm³/mol. The highest BCUT2D eigenvalue weighted by molar-refractivity contribution is 5.74. The summed E-state index contributed by atoms with van der Waals surface area (Å²) in [7, 11) is 0. The summed E-state index contributed by atoms with van der Waals surface area (Å²) >= 11 is 0. The van der Waals surface area contributed by atoms with Crippen LogP contribution in [0.3, 0.4) is 0 Å². The van der Waals surface area contributed by atoms with Gasteiger partial charge in [0.15, 0.2) is 0 Å². The van der Waals surface area contributed by atoms with E-state index in [2.05, 4.69) is 0 Å². The molecule has 1 heterocycles. The van der Waals surface area contributed by atoms with Crippen molar-refractivity contribution in [3.63, 3.8) is 0 Å². The van der Waals surface area contributed by atoms with Gasteiger partial charge in [-0.25, -0.2) is 0 Å². The van der Waals surface area contributed by atoms with Gasteiger partial charge in [-0.05, 0) is 31.7 Å². The van der Waals surface area contributed by atoms with Crippen LogP contribution in [0, 0.1) is 5.92 Å². The van der Waals surface area contributed by atoms with E-state index in [1.165, 1.54) is 0 Å². The largest absolute Gasteiger partial charge is 0.480 e. The van der Waals surface area contributed by atoms with Crippen LogP contribution < -0.4 is 0 Å². The van der Waals surface area contributed by atoms with Gasteiger partial charge >= 0.3 is 5.97 Å². The molecule has 2 aliphatic rings. The molecule has 0 amide bonds. The van der Waals surface area contributed by atoms with E-state index in [-0.39, 0.29) is 18.1 Å². The van der Waals surface area contributed by atoms with Crippen molar-refractivity contribution in [3.05, 3.63) is 0 Å². The maximum absolute atomic E-state index is 11.3. The van der Waals surface area contributed by atoms with E-state index in [0.717, 1.165) is 45.1 Å². The van der Waals surface area contributed by atoms with Crippen LogP contribution in [-0.2, 0) is 4.79 Å². The van der Waals surface area contributed by atoms with E-state index in [9.17, 15) is 15.0 Å². The van der Waals surface area contributed by atoms with Crippen molar-refractivity contribution in [2.24, 2.45) is 5.92 Å². The van der Waals surface area contributed by atoms with Crippen molar-refractivity contribution in [2.75, 3.05) is 6.54 Å².